The molecule has 1 atom stereocenters. The average Bonchev–Trinajstić information content (AvgIpc) is 3.38. The Bertz CT molecular complexity index is 1360. The number of hydrogen-bond acceptors (Lipinski definition) is 8. The van der Waals surface area contributed by atoms with E-state index in [1.54, 1.807) is 14.2 Å². The number of ether oxygens (including phenoxy) is 4. The highest BCUT2D eigenvalue weighted by molar-refractivity contribution is 7.54. The maximum Gasteiger partial charge on any atom is 0.357 e. The van der Waals surface area contributed by atoms with Crippen LogP contribution >= 0.6 is 7.60 Å². The predicted molar refractivity (Wildman–Crippen MR) is 149 cm³/mol. The molecular formula is C29H36NO7P. The van der Waals surface area contributed by atoms with E-state index in [0.717, 1.165) is 64.6 Å². The van der Waals surface area contributed by atoms with E-state index >= 15 is 0 Å². The number of methoxy groups -OCH3 is 2. The summed E-state index contributed by atoms with van der Waals surface area (Å²) in [6, 6.07) is 12.0. The van der Waals surface area contributed by atoms with Gasteiger partial charge in [-0.3, -0.25) is 4.57 Å². The van der Waals surface area contributed by atoms with E-state index in [-0.39, 0.29) is 6.79 Å². The third-order valence-corrected chi connectivity index (χ3v) is 9.46. The van der Waals surface area contributed by atoms with E-state index in [0.29, 0.717) is 30.5 Å². The molecule has 0 fully saturated rings. The Balaban J connectivity index is 1.77. The Morgan fingerprint density at radius 2 is 1.58 bits per heavy atom. The first-order valence-electron chi connectivity index (χ1n) is 13.2. The molecule has 2 aliphatic heterocycles. The minimum Gasteiger partial charge on any atom is -0.493 e. The molecule has 8 nitrogen and oxygen atoms in total. The van der Waals surface area contributed by atoms with Crippen molar-refractivity contribution in [2.24, 2.45) is 0 Å². The molecular weight excluding hydrogens is 505 g/mol. The van der Waals surface area contributed by atoms with Crippen LogP contribution in [0.3, 0.4) is 0 Å². The summed E-state index contributed by atoms with van der Waals surface area (Å²) < 4.78 is 50.2. The number of unbranched alkanes of at least 4 members (excludes halogenated alkanes) is 2. The summed E-state index contributed by atoms with van der Waals surface area (Å²) in [5.74, 6) is 1.74. The van der Waals surface area contributed by atoms with Crippen LogP contribution in [0.2, 0.25) is 0 Å². The van der Waals surface area contributed by atoms with Gasteiger partial charge in [-0.25, -0.2) is 0 Å². The second-order valence-corrected chi connectivity index (χ2v) is 11.6. The summed E-state index contributed by atoms with van der Waals surface area (Å²) in [7, 11) is 1.42. The van der Waals surface area contributed by atoms with Crippen LogP contribution in [0.15, 0.2) is 36.4 Å². The quantitative estimate of drug-likeness (QED) is 0.182. The number of nitrogens with zero attached hydrogens (tertiary/aromatic N) is 1. The highest BCUT2D eigenvalue weighted by atomic mass is 31.2. The van der Waals surface area contributed by atoms with Crippen molar-refractivity contribution in [3.8, 4) is 34.1 Å². The van der Waals surface area contributed by atoms with Gasteiger partial charge >= 0.3 is 7.60 Å². The lowest BCUT2D eigenvalue weighted by Gasteiger charge is -2.41. The average molecular weight is 542 g/mol. The van der Waals surface area contributed by atoms with Crippen molar-refractivity contribution in [3.63, 3.8) is 0 Å². The van der Waals surface area contributed by atoms with Crippen LogP contribution < -0.4 is 23.8 Å². The summed E-state index contributed by atoms with van der Waals surface area (Å²) >= 11 is 0. The van der Waals surface area contributed by atoms with Crippen molar-refractivity contribution in [2.45, 2.75) is 45.3 Å². The van der Waals surface area contributed by atoms with Crippen LogP contribution in [0.5, 0.6) is 23.0 Å². The summed E-state index contributed by atoms with van der Waals surface area (Å²) in [6.07, 6.45) is 3.40. The Kier molecular flexibility index (Phi) is 7.75. The van der Waals surface area contributed by atoms with Crippen molar-refractivity contribution >= 4 is 24.1 Å². The van der Waals surface area contributed by atoms with Gasteiger partial charge in [0.2, 0.25) is 6.79 Å². The maximum absolute atomic E-state index is 14.9. The number of hydrogen-bond donors (Lipinski definition) is 0. The zero-order chi connectivity index (χ0) is 26.9. The van der Waals surface area contributed by atoms with Gasteiger partial charge < -0.3 is 32.9 Å². The zero-order valence-corrected chi connectivity index (χ0v) is 23.6. The Hall–Kier alpha value is -2.93. The van der Waals surface area contributed by atoms with Gasteiger partial charge in [0.15, 0.2) is 28.8 Å². The highest BCUT2D eigenvalue weighted by Gasteiger charge is 2.47. The lowest BCUT2D eigenvalue weighted by molar-refractivity contribution is 0.174. The van der Waals surface area contributed by atoms with E-state index in [4.69, 9.17) is 28.0 Å². The minimum absolute atomic E-state index is 0.192. The number of benzene rings is 3. The predicted octanol–water partition coefficient (Wildman–Crippen LogP) is 7.53. The monoisotopic (exact) mass is 541 g/mol. The maximum atomic E-state index is 14.9. The molecule has 204 valence electrons. The molecule has 0 aliphatic carbocycles. The van der Waals surface area contributed by atoms with Crippen LogP contribution in [-0.2, 0) is 13.6 Å². The highest BCUT2D eigenvalue weighted by Crippen LogP contribution is 2.69. The fraction of sp³-hybridized carbons (Fsp3) is 0.448. The second-order valence-electron chi connectivity index (χ2n) is 9.55. The van der Waals surface area contributed by atoms with Crippen LogP contribution in [0.4, 0.5) is 5.69 Å². The van der Waals surface area contributed by atoms with Gasteiger partial charge in [0.05, 0.1) is 33.1 Å². The standard InChI is InChI=1S/C29H36NO7P/c1-6-8-14-36-38(31,37-15-9-7-2)29-26-20(12-13-23(32-4)28(26)33-5)21-11-10-19-16-24-25(35-18-34-24)17-22(19)27(21)30(29)3/h10-13,16-17,29H,6-9,14-15,18H2,1-5H3. The van der Waals surface area contributed by atoms with E-state index in [1.165, 1.54) is 0 Å². The molecule has 0 amide bonds. The van der Waals surface area contributed by atoms with Gasteiger partial charge in [-0.2, -0.15) is 0 Å². The molecule has 0 bridgehead atoms. The fourth-order valence-corrected chi connectivity index (χ4v) is 7.51. The zero-order valence-electron chi connectivity index (χ0n) is 22.7. The van der Waals surface area contributed by atoms with E-state index in [1.807, 2.05) is 36.2 Å². The molecule has 0 aromatic heterocycles. The molecule has 0 saturated carbocycles. The van der Waals surface area contributed by atoms with Gasteiger partial charge in [-0.05, 0) is 48.1 Å². The Morgan fingerprint density at radius 1 is 0.921 bits per heavy atom. The van der Waals surface area contributed by atoms with Crippen LogP contribution in [0.1, 0.15) is 50.9 Å². The molecule has 0 spiro atoms. The normalized spacial score (nSPS) is 15.9. The Morgan fingerprint density at radius 3 is 2.21 bits per heavy atom. The largest absolute Gasteiger partial charge is 0.493 e. The van der Waals surface area contributed by atoms with E-state index in [2.05, 4.69) is 26.0 Å². The van der Waals surface area contributed by atoms with Crippen molar-refractivity contribution in [1.29, 1.82) is 0 Å². The van der Waals surface area contributed by atoms with Crippen LogP contribution in [-0.4, -0.2) is 41.3 Å². The summed E-state index contributed by atoms with van der Waals surface area (Å²) in [5.41, 5.74) is 3.54. The molecule has 2 heterocycles. The topological polar surface area (TPSA) is 75.7 Å². The van der Waals surface area contributed by atoms with Crippen molar-refractivity contribution in [1.82, 2.24) is 0 Å². The molecule has 0 saturated heterocycles. The van der Waals surface area contributed by atoms with Gasteiger partial charge in [-0.15, -0.1) is 0 Å². The van der Waals surface area contributed by atoms with Gasteiger partial charge in [0.1, 0.15) is 0 Å². The second kappa shape index (κ2) is 11.0. The van der Waals surface area contributed by atoms with Gasteiger partial charge in [-0.1, -0.05) is 38.8 Å². The summed E-state index contributed by atoms with van der Waals surface area (Å²) in [5, 5.41) is 1.96. The molecule has 0 radical (unpaired) electrons. The van der Waals surface area contributed by atoms with Crippen molar-refractivity contribution < 1.29 is 32.6 Å². The first-order chi connectivity index (χ1) is 18.5. The van der Waals surface area contributed by atoms with Gasteiger partial charge in [0, 0.05) is 23.6 Å². The molecule has 2 aliphatic rings. The van der Waals surface area contributed by atoms with Crippen molar-refractivity contribution in [3.05, 3.63) is 42.0 Å². The molecule has 0 N–H and O–H groups in total. The molecule has 9 heteroatoms. The summed E-state index contributed by atoms with van der Waals surface area (Å²) in [4.78, 5) is 2.02. The van der Waals surface area contributed by atoms with E-state index < -0.39 is 13.4 Å². The van der Waals surface area contributed by atoms with Crippen molar-refractivity contribution in [2.75, 3.05) is 46.2 Å². The first-order valence-corrected chi connectivity index (χ1v) is 14.8. The van der Waals surface area contributed by atoms with Crippen LogP contribution in [0.25, 0.3) is 21.9 Å². The lowest BCUT2D eigenvalue weighted by atomic mass is 9.89. The minimum atomic E-state index is -3.73. The molecule has 5 rings (SSSR count). The number of fused-ring (bicyclic) bond motifs is 6. The first kappa shape index (κ1) is 26.7. The van der Waals surface area contributed by atoms with Crippen LogP contribution in [0, 0.1) is 0 Å². The number of rotatable bonds is 11. The summed E-state index contributed by atoms with van der Waals surface area (Å²) in [6.45, 7) is 5.03. The molecule has 3 aromatic rings. The SMILES string of the molecule is CCCCOP(=O)(OCCCC)C1c2c(ccc(OC)c2OC)-c2ccc3cc4c(cc3c2N1C)OCO4. The molecule has 3 aromatic carbocycles. The number of anilines is 1. The third-order valence-electron chi connectivity index (χ3n) is 7.17. The van der Waals surface area contributed by atoms with Gasteiger partial charge in [0.25, 0.3) is 0 Å². The fourth-order valence-electron chi connectivity index (χ4n) is 5.27. The lowest BCUT2D eigenvalue weighted by Crippen LogP contribution is -2.30. The smallest absolute Gasteiger partial charge is 0.357 e. The molecule has 38 heavy (non-hydrogen) atoms. The molecule has 1 unspecified atom stereocenters. The van der Waals surface area contributed by atoms with E-state index in [9.17, 15) is 4.57 Å². The third kappa shape index (κ3) is 4.49. The Labute approximate surface area is 224 Å².